The Hall–Kier alpha value is -1.93. The first-order valence-electron chi connectivity index (χ1n) is 10.3. The van der Waals surface area contributed by atoms with Gasteiger partial charge in [-0.3, -0.25) is 9.59 Å². The van der Waals surface area contributed by atoms with Crippen molar-refractivity contribution < 1.29 is 27.9 Å². The molecule has 3 rings (SSSR count). The van der Waals surface area contributed by atoms with Crippen LogP contribution in [0.1, 0.15) is 52.9 Å². The van der Waals surface area contributed by atoms with Crippen molar-refractivity contribution >= 4 is 17.9 Å². The van der Waals surface area contributed by atoms with Crippen LogP contribution in [-0.2, 0) is 14.3 Å². The van der Waals surface area contributed by atoms with Crippen LogP contribution in [0.5, 0.6) is 0 Å². The summed E-state index contributed by atoms with van der Waals surface area (Å²) >= 11 is 0. The number of nitrogens with zero attached hydrogens (tertiary/aromatic N) is 2. The summed E-state index contributed by atoms with van der Waals surface area (Å²) in [7, 11) is 0. The van der Waals surface area contributed by atoms with E-state index in [0.717, 1.165) is 0 Å². The fourth-order valence-corrected chi connectivity index (χ4v) is 4.25. The zero-order valence-corrected chi connectivity index (χ0v) is 17.4. The average molecular weight is 415 g/mol. The van der Waals surface area contributed by atoms with Gasteiger partial charge in [0.1, 0.15) is 5.60 Å². The van der Waals surface area contributed by atoms with Crippen molar-refractivity contribution in [3.8, 4) is 0 Å². The Kier molecular flexibility index (Phi) is 5.80. The average Bonchev–Trinajstić information content (AvgIpc) is 3.35. The largest absolute Gasteiger partial charge is 0.444 e. The maximum Gasteiger partial charge on any atom is 0.410 e. The number of ether oxygens (including phenoxy) is 1. The van der Waals surface area contributed by atoms with Crippen LogP contribution in [0, 0.1) is 11.3 Å². The molecular weight excluding hydrogens is 384 g/mol. The number of hydrogen-bond acceptors (Lipinski definition) is 4. The van der Waals surface area contributed by atoms with Crippen molar-refractivity contribution in [2.75, 3.05) is 32.7 Å². The van der Waals surface area contributed by atoms with Crippen molar-refractivity contribution in [3.63, 3.8) is 0 Å². The van der Waals surface area contributed by atoms with Crippen LogP contribution in [0.3, 0.4) is 0 Å². The Balaban J connectivity index is 1.38. The summed E-state index contributed by atoms with van der Waals surface area (Å²) in [6.07, 6.45) is 0.680. The van der Waals surface area contributed by atoms with Crippen LogP contribution < -0.4 is 5.32 Å². The van der Waals surface area contributed by atoms with Crippen molar-refractivity contribution in [2.45, 2.75) is 64.4 Å². The molecule has 3 aliphatic rings. The molecule has 1 spiro atoms. The molecule has 0 aromatic rings. The van der Waals surface area contributed by atoms with E-state index in [2.05, 4.69) is 5.32 Å². The summed E-state index contributed by atoms with van der Waals surface area (Å²) < 4.78 is 32.0. The smallest absolute Gasteiger partial charge is 0.410 e. The molecule has 1 atom stereocenters. The van der Waals surface area contributed by atoms with Crippen molar-refractivity contribution in [3.05, 3.63) is 0 Å². The van der Waals surface area contributed by atoms with E-state index in [9.17, 15) is 23.2 Å². The standard InChI is InChI=1S/C20H31F2N3O4/c1-18(2,3)29-17(28)25-10-8-24(9-11-25)15(26)13-23-16(27)14-12-19(14)4-6-20(21,22)7-5-19/h14H,4-13H2,1-3H3,(H,23,27). The van der Waals surface area contributed by atoms with Gasteiger partial charge in [-0.2, -0.15) is 0 Å². The van der Waals surface area contributed by atoms with Crippen LogP contribution in [0.25, 0.3) is 0 Å². The lowest BCUT2D eigenvalue weighted by Crippen LogP contribution is -2.53. The van der Waals surface area contributed by atoms with Gasteiger partial charge in [0.25, 0.3) is 0 Å². The van der Waals surface area contributed by atoms with Gasteiger partial charge >= 0.3 is 6.09 Å². The number of rotatable bonds is 3. The second-order valence-corrected chi connectivity index (χ2v) is 9.54. The molecule has 3 fully saturated rings. The molecule has 29 heavy (non-hydrogen) atoms. The monoisotopic (exact) mass is 415 g/mol. The molecule has 0 radical (unpaired) electrons. The molecule has 2 saturated carbocycles. The first kappa shape index (κ1) is 21.8. The van der Waals surface area contributed by atoms with Gasteiger partial charge in [0.05, 0.1) is 6.54 Å². The third kappa shape index (κ3) is 5.36. The minimum Gasteiger partial charge on any atom is -0.444 e. The van der Waals surface area contributed by atoms with Crippen LogP contribution >= 0.6 is 0 Å². The van der Waals surface area contributed by atoms with E-state index < -0.39 is 17.6 Å². The molecule has 0 bridgehead atoms. The Morgan fingerprint density at radius 3 is 2.10 bits per heavy atom. The number of amides is 3. The molecule has 0 aromatic carbocycles. The van der Waals surface area contributed by atoms with Gasteiger partial charge in [0, 0.05) is 44.9 Å². The molecule has 1 N–H and O–H groups in total. The Morgan fingerprint density at radius 1 is 1.00 bits per heavy atom. The Labute approximate surface area is 170 Å². The fourth-order valence-electron chi connectivity index (χ4n) is 4.25. The number of piperazine rings is 1. The lowest BCUT2D eigenvalue weighted by Gasteiger charge is -2.35. The quantitative estimate of drug-likeness (QED) is 0.768. The predicted molar refractivity (Wildman–Crippen MR) is 101 cm³/mol. The van der Waals surface area contributed by atoms with Crippen LogP contribution in [0.2, 0.25) is 0 Å². The van der Waals surface area contributed by atoms with Gasteiger partial charge < -0.3 is 19.9 Å². The normalized spacial score (nSPS) is 25.5. The van der Waals surface area contributed by atoms with E-state index in [1.165, 1.54) is 0 Å². The second kappa shape index (κ2) is 7.72. The number of carbonyl (C=O) groups excluding carboxylic acids is 3. The summed E-state index contributed by atoms with van der Waals surface area (Å²) in [5.41, 5.74) is -0.851. The second-order valence-electron chi connectivity index (χ2n) is 9.54. The lowest BCUT2D eigenvalue weighted by molar-refractivity contribution is -0.134. The minimum absolute atomic E-state index is 0.103. The maximum absolute atomic E-state index is 13.3. The predicted octanol–water partition coefficient (Wildman–Crippen LogP) is 2.40. The number of alkyl halides is 2. The highest BCUT2D eigenvalue weighted by Gasteiger charge is 2.60. The molecule has 1 unspecified atom stereocenters. The third-order valence-electron chi connectivity index (χ3n) is 6.18. The van der Waals surface area contributed by atoms with E-state index in [1.807, 2.05) is 0 Å². The minimum atomic E-state index is -2.60. The van der Waals surface area contributed by atoms with Gasteiger partial charge in [0.2, 0.25) is 17.7 Å². The molecule has 3 amide bonds. The Morgan fingerprint density at radius 2 is 1.55 bits per heavy atom. The molecule has 1 heterocycles. The van der Waals surface area contributed by atoms with Gasteiger partial charge in [-0.1, -0.05) is 0 Å². The first-order chi connectivity index (χ1) is 13.4. The van der Waals surface area contributed by atoms with Gasteiger partial charge in [0.15, 0.2) is 0 Å². The van der Waals surface area contributed by atoms with Crippen molar-refractivity contribution in [2.24, 2.45) is 11.3 Å². The Bertz CT molecular complexity index is 659. The molecule has 0 aromatic heterocycles. The number of halogens is 2. The van der Waals surface area contributed by atoms with Crippen LogP contribution in [0.15, 0.2) is 0 Å². The van der Waals surface area contributed by atoms with Crippen LogP contribution in [0.4, 0.5) is 13.6 Å². The lowest BCUT2D eigenvalue weighted by atomic mass is 9.82. The van der Waals surface area contributed by atoms with Crippen molar-refractivity contribution in [1.82, 2.24) is 15.1 Å². The topological polar surface area (TPSA) is 79.0 Å². The number of nitrogens with one attached hydrogen (secondary N) is 1. The summed E-state index contributed by atoms with van der Waals surface area (Å²) in [6.45, 7) is 6.84. The van der Waals surface area contributed by atoms with Gasteiger partial charge in [-0.05, 0) is 45.4 Å². The summed E-state index contributed by atoms with van der Waals surface area (Å²) in [6, 6.07) is 0. The first-order valence-corrected chi connectivity index (χ1v) is 10.3. The zero-order chi connectivity index (χ0) is 21.4. The number of carbonyl (C=O) groups is 3. The van der Waals surface area contributed by atoms with Gasteiger partial charge in [-0.25, -0.2) is 13.6 Å². The molecule has 9 heteroatoms. The number of hydrogen-bond donors (Lipinski definition) is 1. The molecule has 2 aliphatic carbocycles. The molecule has 1 saturated heterocycles. The third-order valence-corrected chi connectivity index (χ3v) is 6.18. The van der Waals surface area contributed by atoms with Gasteiger partial charge in [-0.15, -0.1) is 0 Å². The zero-order valence-electron chi connectivity index (χ0n) is 17.4. The molecule has 7 nitrogen and oxygen atoms in total. The highest BCUT2D eigenvalue weighted by Crippen LogP contribution is 2.63. The molecule has 1 aliphatic heterocycles. The summed E-state index contributed by atoms with van der Waals surface area (Å²) in [4.78, 5) is 40.0. The van der Waals surface area contributed by atoms with E-state index in [4.69, 9.17) is 4.74 Å². The van der Waals surface area contributed by atoms with E-state index >= 15 is 0 Å². The summed E-state index contributed by atoms with van der Waals surface area (Å²) in [5.74, 6) is -3.27. The fraction of sp³-hybridized carbons (Fsp3) is 0.850. The van der Waals surface area contributed by atoms with E-state index in [1.54, 1.807) is 30.6 Å². The van der Waals surface area contributed by atoms with E-state index in [0.29, 0.717) is 45.4 Å². The highest BCUT2D eigenvalue weighted by molar-refractivity contribution is 5.88. The van der Waals surface area contributed by atoms with E-state index in [-0.39, 0.29) is 42.5 Å². The highest BCUT2D eigenvalue weighted by atomic mass is 19.3. The molecular formula is C20H31F2N3O4. The summed E-state index contributed by atoms with van der Waals surface area (Å²) in [5, 5.41) is 2.68. The maximum atomic E-state index is 13.3. The van der Waals surface area contributed by atoms with Crippen LogP contribution in [-0.4, -0.2) is 72.0 Å². The van der Waals surface area contributed by atoms with Crippen molar-refractivity contribution in [1.29, 1.82) is 0 Å². The molecule has 164 valence electrons. The SMILES string of the molecule is CC(C)(C)OC(=O)N1CCN(C(=O)CNC(=O)C2CC23CCC(F)(F)CC3)CC1.